The molecule has 10 heteroatoms. The van der Waals surface area contributed by atoms with E-state index in [2.05, 4.69) is 9.71 Å². The Morgan fingerprint density at radius 1 is 1.15 bits per heavy atom. The van der Waals surface area contributed by atoms with E-state index in [1.807, 2.05) is 0 Å². The molecule has 1 heterocycles. The lowest BCUT2D eigenvalue weighted by atomic mass is 10.1. The smallest absolute Gasteiger partial charge is 0.389 e. The lowest BCUT2D eigenvalue weighted by molar-refractivity contribution is -0.137. The highest BCUT2D eigenvalue weighted by atomic mass is 32.2. The molecule has 0 aliphatic heterocycles. The fourth-order valence-corrected chi connectivity index (χ4v) is 4.15. The Balaban J connectivity index is 1.81. The van der Waals surface area contributed by atoms with E-state index in [0.29, 0.717) is 10.5 Å². The minimum Gasteiger partial charge on any atom is -0.389 e. The quantitative estimate of drug-likeness (QED) is 0.687. The number of halogens is 3. The summed E-state index contributed by atoms with van der Waals surface area (Å²) in [5.41, 5.74) is -0.212. The molecule has 3 rings (SSSR count). The number of aliphatic hydroxyl groups excluding tert-OH is 1. The highest BCUT2D eigenvalue weighted by Gasteiger charge is 2.30. The molecule has 0 saturated heterocycles. The molecule has 0 aliphatic carbocycles. The minimum absolute atomic E-state index is 0.0493. The molecule has 0 saturated carbocycles. The van der Waals surface area contributed by atoms with E-state index in [-0.39, 0.29) is 23.6 Å². The summed E-state index contributed by atoms with van der Waals surface area (Å²) in [7, 11) is -3.92. The molecular weight excluding hydrogens is 389 g/mol. The molecule has 0 radical (unpaired) electrons. The number of benzene rings is 2. The van der Waals surface area contributed by atoms with Gasteiger partial charge in [0.2, 0.25) is 10.0 Å². The molecule has 0 aliphatic rings. The summed E-state index contributed by atoms with van der Waals surface area (Å²) in [4.78, 5) is 4.06. The van der Waals surface area contributed by atoms with Crippen LogP contribution in [0.4, 0.5) is 13.2 Å². The van der Waals surface area contributed by atoms with Gasteiger partial charge in [-0.2, -0.15) is 13.2 Å². The van der Waals surface area contributed by atoms with E-state index in [1.54, 1.807) is 6.07 Å². The van der Waals surface area contributed by atoms with Gasteiger partial charge < -0.3 is 5.11 Å². The Labute approximate surface area is 151 Å². The molecule has 0 unspecified atom stereocenters. The van der Waals surface area contributed by atoms with Gasteiger partial charge in [0, 0.05) is 6.54 Å². The van der Waals surface area contributed by atoms with Crippen LogP contribution in [0, 0.1) is 0 Å². The van der Waals surface area contributed by atoms with E-state index in [4.69, 9.17) is 5.11 Å². The Morgan fingerprint density at radius 3 is 2.62 bits per heavy atom. The summed E-state index contributed by atoms with van der Waals surface area (Å²) < 4.78 is 66.0. The number of sulfonamides is 1. The first-order chi connectivity index (χ1) is 12.2. The maximum Gasteiger partial charge on any atom is 0.416 e. The van der Waals surface area contributed by atoms with E-state index in [1.165, 1.54) is 35.6 Å². The third-order valence-electron chi connectivity index (χ3n) is 3.57. The highest BCUT2D eigenvalue weighted by molar-refractivity contribution is 7.89. The topological polar surface area (TPSA) is 79.3 Å². The lowest BCUT2D eigenvalue weighted by Gasteiger charge is -2.10. The number of thiazole rings is 1. The molecule has 0 bridgehead atoms. The summed E-state index contributed by atoms with van der Waals surface area (Å²) in [6.07, 6.45) is -4.49. The third kappa shape index (κ3) is 4.04. The maximum absolute atomic E-state index is 12.7. The predicted octanol–water partition coefficient (Wildman–Crippen LogP) is 3.29. The fourth-order valence-electron chi connectivity index (χ4n) is 2.31. The van der Waals surface area contributed by atoms with Gasteiger partial charge >= 0.3 is 6.18 Å². The number of aliphatic hydroxyl groups is 1. The van der Waals surface area contributed by atoms with Crippen molar-refractivity contribution in [3.8, 4) is 0 Å². The largest absolute Gasteiger partial charge is 0.416 e. The first kappa shape index (κ1) is 18.8. The second-order valence-corrected chi connectivity index (χ2v) is 8.30. The van der Waals surface area contributed by atoms with Crippen molar-refractivity contribution in [1.82, 2.24) is 9.71 Å². The summed E-state index contributed by atoms with van der Waals surface area (Å²) in [6, 6.07) is 8.78. The average Bonchev–Trinajstić information content (AvgIpc) is 3.02. The Hall–Kier alpha value is -2.01. The van der Waals surface area contributed by atoms with Gasteiger partial charge in [-0.3, -0.25) is 0 Å². The number of alkyl halides is 3. The number of nitrogens with one attached hydrogen (secondary N) is 1. The summed E-state index contributed by atoms with van der Waals surface area (Å²) in [6.45, 7) is -0.515. The lowest BCUT2D eigenvalue weighted by Crippen LogP contribution is -2.23. The van der Waals surface area contributed by atoms with Gasteiger partial charge in [-0.25, -0.2) is 18.1 Å². The third-order valence-corrected chi connectivity index (χ3v) is 5.99. The number of nitrogens with zero attached hydrogens (tertiary/aromatic N) is 1. The van der Waals surface area contributed by atoms with Crippen molar-refractivity contribution in [2.24, 2.45) is 0 Å². The van der Waals surface area contributed by atoms with E-state index in [9.17, 15) is 21.6 Å². The number of hydrogen-bond donors (Lipinski definition) is 2. The van der Waals surface area contributed by atoms with Crippen molar-refractivity contribution in [2.45, 2.75) is 24.2 Å². The molecule has 5 nitrogen and oxygen atoms in total. The number of fused-ring (bicyclic) bond motifs is 1. The van der Waals surface area contributed by atoms with Crippen molar-refractivity contribution < 1.29 is 26.7 Å². The predicted molar refractivity (Wildman–Crippen MR) is 91.0 cm³/mol. The Morgan fingerprint density at radius 2 is 1.92 bits per heavy atom. The molecule has 0 spiro atoms. The van der Waals surface area contributed by atoms with Crippen LogP contribution in [0.2, 0.25) is 0 Å². The highest BCUT2D eigenvalue weighted by Crippen LogP contribution is 2.29. The minimum atomic E-state index is -4.49. The van der Waals surface area contributed by atoms with Crippen molar-refractivity contribution in [2.75, 3.05) is 0 Å². The molecular formula is C16H13F3N2O3S2. The van der Waals surface area contributed by atoms with Crippen LogP contribution in [0.5, 0.6) is 0 Å². The van der Waals surface area contributed by atoms with Crippen molar-refractivity contribution in [3.63, 3.8) is 0 Å². The van der Waals surface area contributed by atoms with Gasteiger partial charge in [-0.05, 0) is 29.8 Å². The van der Waals surface area contributed by atoms with Gasteiger partial charge in [-0.1, -0.05) is 18.2 Å². The van der Waals surface area contributed by atoms with Crippen LogP contribution in [0.1, 0.15) is 16.1 Å². The van der Waals surface area contributed by atoms with E-state index in [0.717, 1.165) is 16.8 Å². The van der Waals surface area contributed by atoms with Crippen molar-refractivity contribution >= 4 is 31.6 Å². The first-order valence-electron chi connectivity index (χ1n) is 7.35. The molecule has 2 N–H and O–H groups in total. The molecule has 3 aromatic rings. The maximum atomic E-state index is 12.7. The van der Waals surface area contributed by atoms with Gasteiger partial charge in [0.05, 0.1) is 27.3 Å². The van der Waals surface area contributed by atoms with Crippen LogP contribution in [0.15, 0.2) is 47.4 Å². The SMILES string of the molecule is O=S(=O)(NCc1cccc(C(F)(F)F)c1)c1ccc2sc(CO)nc2c1. The average molecular weight is 402 g/mol. The van der Waals surface area contributed by atoms with Crippen LogP contribution in [-0.2, 0) is 29.4 Å². The summed E-state index contributed by atoms with van der Waals surface area (Å²) in [5.74, 6) is 0. The van der Waals surface area contributed by atoms with E-state index >= 15 is 0 Å². The van der Waals surface area contributed by atoms with Crippen LogP contribution in [0.3, 0.4) is 0 Å². The standard InChI is InChI=1S/C16H13F3N2O3S2/c17-16(18,19)11-3-1-2-10(6-11)8-20-26(23,24)12-4-5-14-13(7-12)21-15(9-22)25-14/h1-7,20,22H,8-9H2. The van der Waals surface area contributed by atoms with Crippen LogP contribution < -0.4 is 4.72 Å². The molecule has 0 amide bonds. The molecule has 2 aromatic carbocycles. The zero-order chi connectivity index (χ0) is 18.9. The molecule has 138 valence electrons. The van der Waals surface area contributed by atoms with E-state index < -0.39 is 21.8 Å². The van der Waals surface area contributed by atoms with Crippen molar-refractivity contribution in [1.29, 1.82) is 0 Å². The second-order valence-electron chi connectivity index (χ2n) is 5.42. The van der Waals surface area contributed by atoms with Gasteiger partial charge in [0.1, 0.15) is 5.01 Å². The number of aromatic nitrogens is 1. The Kier molecular flexibility index (Phi) is 5.02. The number of hydrogen-bond acceptors (Lipinski definition) is 5. The van der Waals surface area contributed by atoms with Gasteiger partial charge in [0.15, 0.2) is 0 Å². The van der Waals surface area contributed by atoms with Crippen LogP contribution in [-0.4, -0.2) is 18.5 Å². The molecule has 0 atom stereocenters. The normalized spacial score (nSPS) is 12.6. The van der Waals surface area contributed by atoms with Gasteiger partial charge in [0.25, 0.3) is 0 Å². The van der Waals surface area contributed by atoms with Gasteiger partial charge in [-0.15, -0.1) is 11.3 Å². The first-order valence-corrected chi connectivity index (χ1v) is 9.65. The fraction of sp³-hybridized carbons (Fsp3) is 0.188. The zero-order valence-corrected chi connectivity index (χ0v) is 14.7. The summed E-state index contributed by atoms with van der Waals surface area (Å²) >= 11 is 1.25. The van der Waals surface area contributed by atoms with Crippen LogP contribution >= 0.6 is 11.3 Å². The molecule has 1 aromatic heterocycles. The van der Waals surface area contributed by atoms with Crippen LogP contribution in [0.25, 0.3) is 10.2 Å². The zero-order valence-electron chi connectivity index (χ0n) is 13.1. The second kappa shape index (κ2) is 6.95. The Bertz CT molecular complexity index is 1050. The molecule has 0 fully saturated rings. The summed E-state index contributed by atoms with van der Waals surface area (Å²) in [5, 5.41) is 9.56. The van der Waals surface area contributed by atoms with Crippen molar-refractivity contribution in [3.05, 3.63) is 58.6 Å². The monoisotopic (exact) mass is 402 g/mol. The molecule has 26 heavy (non-hydrogen) atoms. The number of rotatable bonds is 5.